The number of hydrogen-bond donors (Lipinski definition) is 3. The summed E-state index contributed by atoms with van der Waals surface area (Å²) in [6.07, 6.45) is 5.94. The lowest BCUT2D eigenvalue weighted by Gasteiger charge is -2.22. The van der Waals surface area contributed by atoms with Crippen LogP contribution in [0.15, 0.2) is 38.0 Å². The molecule has 10 nitrogen and oxygen atoms in total. The first-order valence-electron chi connectivity index (χ1n) is 11.7. The molecule has 0 fully saturated rings. The van der Waals surface area contributed by atoms with Crippen molar-refractivity contribution < 1.29 is 28.6 Å². The van der Waals surface area contributed by atoms with Gasteiger partial charge >= 0.3 is 0 Å². The molecule has 0 aromatic carbocycles. The number of amides is 3. The van der Waals surface area contributed by atoms with Crippen molar-refractivity contribution in [1.82, 2.24) is 20.9 Å². The zero-order valence-electron chi connectivity index (χ0n) is 20.4. The number of rotatable bonds is 24. The van der Waals surface area contributed by atoms with E-state index in [0.29, 0.717) is 59.3 Å². The first kappa shape index (κ1) is 31.5. The largest absolute Gasteiger partial charge is 0.380 e. The van der Waals surface area contributed by atoms with E-state index >= 15 is 0 Å². The van der Waals surface area contributed by atoms with E-state index in [1.165, 1.54) is 18.2 Å². The van der Waals surface area contributed by atoms with Crippen molar-refractivity contribution in [3.05, 3.63) is 38.0 Å². The highest BCUT2D eigenvalue weighted by atomic mass is 16.5. The third kappa shape index (κ3) is 21.3. The number of nitrogens with zero attached hydrogens (tertiary/aromatic N) is 1. The Morgan fingerprint density at radius 3 is 1.12 bits per heavy atom. The van der Waals surface area contributed by atoms with Crippen molar-refractivity contribution in [2.45, 2.75) is 19.3 Å². The normalized spacial score (nSPS) is 10.5. The Morgan fingerprint density at radius 2 is 0.853 bits per heavy atom. The predicted octanol–water partition coefficient (Wildman–Crippen LogP) is 0.415. The number of hydrogen-bond acceptors (Lipinski definition) is 7. The molecule has 3 amide bonds. The lowest BCUT2D eigenvalue weighted by atomic mass is 10.4. The number of ether oxygens (including phenoxy) is 3. The Morgan fingerprint density at radius 1 is 0.559 bits per heavy atom. The van der Waals surface area contributed by atoms with Crippen molar-refractivity contribution in [1.29, 1.82) is 0 Å². The van der Waals surface area contributed by atoms with Gasteiger partial charge in [-0.15, -0.1) is 0 Å². The Kier molecular flexibility index (Phi) is 21.9. The van der Waals surface area contributed by atoms with E-state index in [4.69, 9.17) is 14.2 Å². The average Bonchev–Trinajstić information content (AvgIpc) is 2.85. The highest BCUT2D eigenvalue weighted by Gasteiger charge is 2.06. The van der Waals surface area contributed by atoms with E-state index in [-0.39, 0.29) is 17.7 Å². The minimum atomic E-state index is -0.183. The summed E-state index contributed by atoms with van der Waals surface area (Å²) in [5.41, 5.74) is 0. The maximum atomic E-state index is 11.1. The van der Waals surface area contributed by atoms with E-state index in [2.05, 4.69) is 40.6 Å². The molecule has 0 rings (SSSR count). The Hall–Kier alpha value is -2.53. The fraction of sp³-hybridized carbons (Fsp3) is 0.625. The average molecular weight is 483 g/mol. The van der Waals surface area contributed by atoms with E-state index in [9.17, 15) is 14.4 Å². The van der Waals surface area contributed by atoms with Crippen LogP contribution in [0.4, 0.5) is 0 Å². The van der Waals surface area contributed by atoms with Gasteiger partial charge in [0.1, 0.15) is 0 Å². The van der Waals surface area contributed by atoms with Crippen LogP contribution in [-0.4, -0.2) is 102 Å². The van der Waals surface area contributed by atoms with Gasteiger partial charge in [-0.2, -0.15) is 0 Å². The zero-order valence-corrected chi connectivity index (χ0v) is 20.4. The summed E-state index contributed by atoms with van der Waals surface area (Å²) in [4.78, 5) is 35.5. The van der Waals surface area contributed by atoms with E-state index in [0.717, 1.165) is 38.9 Å². The molecular formula is C24H42N4O6. The van der Waals surface area contributed by atoms with E-state index in [1.807, 2.05) is 0 Å². The molecule has 34 heavy (non-hydrogen) atoms. The van der Waals surface area contributed by atoms with Gasteiger partial charge in [0.05, 0.1) is 19.8 Å². The number of carbonyl (C=O) groups excluding carboxylic acids is 3. The van der Waals surface area contributed by atoms with Gasteiger partial charge in [0, 0.05) is 59.1 Å². The van der Waals surface area contributed by atoms with Crippen LogP contribution in [0.3, 0.4) is 0 Å². The molecular weight excluding hydrogens is 440 g/mol. The van der Waals surface area contributed by atoms with Crippen LogP contribution < -0.4 is 16.0 Å². The maximum absolute atomic E-state index is 11.1. The van der Waals surface area contributed by atoms with Crippen LogP contribution in [0, 0.1) is 0 Å². The molecule has 0 bridgehead atoms. The smallest absolute Gasteiger partial charge is 0.243 e. The van der Waals surface area contributed by atoms with Crippen LogP contribution in [0.25, 0.3) is 0 Å². The predicted molar refractivity (Wildman–Crippen MR) is 132 cm³/mol. The van der Waals surface area contributed by atoms with Crippen LogP contribution in [0.5, 0.6) is 0 Å². The third-order valence-corrected chi connectivity index (χ3v) is 4.51. The lowest BCUT2D eigenvalue weighted by molar-refractivity contribution is -0.117. The van der Waals surface area contributed by atoms with Crippen LogP contribution in [0.1, 0.15) is 19.3 Å². The monoisotopic (exact) mass is 482 g/mol. The molecule has 0 saturated carbocycles. The van der Waals surface area contributed by atoms with Crippen LogP contribution in [0.2, 0.25) is 0 Å². The molecule has 0 heterocycles. The molecule has 0 aliphatic rings. The second kappa shape index (κ2) is 23.6. The van der Waals surface area contributed by atoms with Crippen molar-refractivity contribution in [3.8, 4) is 0 Å². The van der Waals surface area contributed by atoms with Crippen LogP contribution >= 0.6 is 0 Å². The topological polar surface area (TPSA) is 118 Å². The van der Waals surface area contributed by atoms with Crippen molar-refractivity contribution in [2.24, 2.45) is 0 Å². The zero-order chi connectivity index (χ0) is 25.3. The molecule has 194 valence electrons. The standard InChI is InChI=1S/C24H42N4O6/c1-4-22(29)25-10-7-16-32-19-13-28(14-20-33-17-8-11-26-23(30)5-2)15-21-34-18-9-12-27-24(31)6-3/h4-6H,1-3,7-21H2,(H,25,29)(H,26,30)(H,27,31). The molecule has 0 aliphatic carbocycles. The van der Waals surface area contributed by atoms with Crippen LogP contribution in [-0.2, 0) is 28.6 Å². The van der Waals surface area contributed by atoms with Gasteiger partial charge in [-0.25, -0.2) is 0 Å². The van der Waals surface area contributed by atoms with Gasteiger partial charge in [-0.3, -0.25) is 19.3 Å². The SMILES string of the molecule is C=CC(=O)NCCCOCCN(CCOCCCNC(=O)C=C)CCOCCCNC(=O)C=C. The minimum Gasteiger partial charge on any atom is -0.380 e. The highest BCUT2D eigenvalue weighted by Crippen LogP contribution is 1.94. The summed E-state index contributed by atoms with van der Waals surface area (Å²) < 4.78 is 17.0. The molecule has 10 heteroatoms. The maximum Gasteiger partial charge on any atom is 0.243 e. The van der Waals surface area contributed by atoms with Gasteiger partial charge in [0.25, 0.3) is 0 Å². The van der Waals surface area contributed by atoms with Crippen molar-refractivity contribution in [3.63, 3.8) is 0 Å². The van der Waals surface area contributed by atoms with E-state index < -0.39 is 0 Å². The Labute approximate surface area is 203 Å². The highest BCUT2D eigenvalue weighted by molar-refractivity contribution is 5.87. The fourth-order valence-electron chi connectivity index (χ4n) is 2.60. The van der Waals surface area contributed by atoms with Gasteiger partial charge in [0.15, 0.2) is 0 Å². The molecule has 0 radical (unpaired) electrons. The van der Waals surface area contributed by atoms with Gasteiger partial charge < -0.3 is 30.2 Å². The Bertz CT molecular complexity index is 519. The van der Waals surface area contributed by atoms with Gasteiger partial charge in [-0.1, -0.05) is 19.7 Å². The summed E-state index contributed by atoms with van der Waals surface area (Å²) in [6.45, 7) is 17.5. The van der Waals surface area contributed by atoms with E-state index in [1.54, 1.807) is 0 Å². The molecule has 0 saturated heterocycles. The second-order valence-electron chi connectivity index (χ2n) is 7.22. The molecule has 0 aromatic rings. The second-order valence-corrected chi connectivity index (χ2v) is 7.22. The van der Waals surface area contributed by atoms with Crippen molar-refractivity contribution >= 4 is 17.7 Å². The minimum absolute atomic E-state index is 0.183. The molecule has 0 aromatic heterocycles. The molecule has 0 spiro atoms. The van der Waals surface area contributed by atoms with Gasteiger partial charge in [0.2, 0.25) is 17.7 Å². The summed E-state index contributed by atoms with van der Waals surface area (Å²) in [5.74, 6) is -0.549. The first-order valence-corrected chi connectivity index (χ1v) is 11.7. The summed E-state index contributed by atoms with van der Waals surface area (Å²) in [7, 11) is 0. The third-order valence-electron chi connectivity index (χ3n) is 4.51. The van der Waals surface area contributed by atoms with Crippen molar-refractivity contribution in [2.75, 3.05) is 78.9 Å². The Balaban J connectivity index is 4.03. The lowest BCUT2D eigenvalue weighted by Crippen LogP contribution is -2.34. The molecule has 0 aliphatic heterocycles. The fourth-order valence-corrected chi connectivity index (χ4v) is 2.60. The van der Waals surface area contributed by atoms with Gasteiger partial charge in [-0.05, 0) is 37.5 Å². The number of nitrogens with one attached hydrogen (secondary N) is 3. The molecule has 0 atom stereocenters. The first-order chi connectivity index (χ1) is 16.5. The molecule has 0 unspecified atom stereocenters. The summed E-state index contributed by atoms with van der Waals surface area (Å²) >= 11 is 0. The summed E-state index contributed by atoms with van der Waals surface area (Å²) in [5, 5.41) is 8.14. The molecule has 3 N–H and O–H groups in total. The quantitative estimate of drug-likeness (QED) is 0.135. The summed E-state index contributed by atoms with van der Waals surface area (Å²) in [6, 6.07) is 0. The number of carbonyl (C=O) groups is 3.